The van der Waals surface area contributed by atoms with Gasteiger partial charge in [-0.25, -0.2) is 0 Å². The van der Waals surface area contributed by atoms with Crippen LogP contribution >= 0.6 is 27.5 Å². The Kier molecular flexibility index (Phi) is 4.56. The maximum atomic E-state index is 11.4. The smallest absolute Gasteiger partial charge is 0.311 e. The van der Waals surface area contributed by atoms with Crippen molar-refractivity contribution in [2.45, 2.75) is 12.3 Å². The van der Waals surface area contributed by atoms with Crippen molar-refractivity contribution in [3.8, 4) is 0 Å². The molecule has 1 aromatic carbocycles. The first-order chi connectivity index (χ1) is 9.06. The van der Waals surface area contributed by atoms with Crippen LogP contribution in [0.3, 0.4) is 0 Å². The zero-order chi connectivity index (χ0) is 13.8. The van der Waals surface area contributed by atoms with E-state index in [1.54, 1.807) is 30.5 Å². The summed E-state index contributed by atoms with van der Waals surface area (Å²) in [5.41, 5.74) is 1.46. The van der Waals surface area contributed by atoms with Gasteiger partial charge in [0, 0.05) is 27.8 Å². The first kappa shape index (κ1) is 14.0. The van der Waals surface area contributed by atoms with Crippen molar-refractivity contribution < 1.29 is 9.90 Å². The molecular formula is C14H11BrClNO2. The second-order valence-corrected chi connectivity index (χ2v) is 5.47. The zero-order valence-corrected chi connectivity index (χ0v) is 12.2. The second kappa shape index (κ2) is 6.17. The highest BCUT2D eigenvalue weighted by atomic mass is 79.9. The standard InChI is InChI=1S/C14H11BrClNO2/c15-10-3-6-12(17-8-10)7-13(14(18)19)9-1-4-11(16)5-2-9/h1-6,8,13H,7H2,(H,18,19). The summed E-state index contributed by atoms with van der Waals surface area (Å²) in [4.78, 5) is 15.6. The number of carboxylic acid groups (broad SMARTS) is 1. The van der Waals surface area contributed by atoms with Crippen LogP contribution in [0.5, 0.6) is 0 Å². The van der Waals surface area contributed by atoms with Crippen molar-refractivity contribution >= 4 is 33.5 Å². The number of aromatic nitrogens is 1. The predicted molar refractivity (Wildman–Crippen MR) is 77.5 cm³/mol. The fraction of sp³-hybridized carbons (Fsp3) is 0.143. The Morgan fingerprint density at radius 2 is 1.95 bits per heavy atom. The Labute approximate surface area is 124 Å². The van der Waals surface area contributed by atoms with Crippen LogP contribution in [0.25, 0.3) is 0 Å². The normalized spacial score (nSPS) is 12.1. The summed E-state index contributed by atoms with van der Waals surface area (Å²) in [6.45, 7) is 0. The van der Waals surface area contributed by atoms with Gasteiger partial charge in [-0.3, -0.25) is 9.78 Å². The van der Waals surface area contributed by atoms with Gasteiger partial charge >= 0.3 is 5.97 Å². The first-order valence-corrected chi connectivity index (χ1v) is 6.82. The number of nitrogens with zero attached hydrogens (tertiary/aromatic N) is 1. The van der Waals surface area contributed by atoms with Gasteiger partial charge in [0.2, 0.25) is 0 Å². The van der Waals surface area contributed by atoms with Crippen molar-refractivity contribution in [2.24, 2.45) is 0 Å². The summed E-state index contributed by atoms with van der Waals surface area (Å²) in [6.07, 6.45) is 2.01. The van der Waals surface area contributed by atoms with E-state index in [1.165, 1.54) is 0 Å². The van der Waals surface area contributed by atoms with E-state index in [-0.39, 0.29) is 0 Å². The molecule has 0 saturated carbocycles. The van der Waals surface area contributed by atoms with Gasteiger partial charge in [-0.2, -0.15) is 0 Å². The van der Waals surface area contributed by atoms with Crippen LogP contribution in [0.15, 0.2) is 47.1 Å². The molecule has 2 rings (SSSR count). The molecular weight excluding hydrogens is 330 g/mol. The molecule has 0 radical (unpaired) electrons. The summed E-state index contributed by atoms with van der Waals surface area (Å²) < 4.78 is 0.870. The van der Waals surface area contributed by atoms with E-state index in [0.29, 0.717) is 11.4 Å². The number of carbonyl (C=O) groups is 1. The van der Waals surface area contributed by atoms with Crippen molar-refractivity contribution in [2.75, 3.05) is 0 Å². The van der Waals surface area contributed by atoms with Gasteiger partial charge in [-0.05, 0) is 45.8 Å². The number of pyridine rings is 1. The number of aliphatic carboxylic acids is 1. The van der Waals surface area contributed by atoms with Crippen molar-refractivity contribution in [1.29, 1.82) is 0 Å². The molecule has 1 unspecified atom stereocenters. The number of hydrogen-bond donors (Lipinski definition) is 1. The molecule has 0 spiro atoms. The van der Waals surface area contributed by atoms with Gasteiger partial charge in [0.1, 0.15) is 0 Å². The SMILES string of the molecule is O=C(O)C(Cc1ccc(Br)cn1)c1ccc(Cl)cc1. The van der Waals surface area contributed by atoms with Crippen LogP contribution in [0.1, 0.15) is 17.2 Å². The third-order valence-electron chi connectivity index (χ3n) is 2.77. The fourth-order valence-electron chi connectivity index (χ4n) is 1.78. The van der Waals surface area contributed by atoms with E-state index >= 15 is 0 Å². The molecule has 0 aliphatic heterocycles. The Bertz CT molecular complexity index is 569. The van der Waals surface area contributed by atoms with Crippen LogP contribution in [0.4, 0.5) is 0 Å². The van der Waals surface area contributed by atoms with Gasteiger partial charge in [0.05, 0.1) is 5.92 Å². The third-order valence-corrected chi connectivity index (χ3v) is 3.49. The summed E-state index contributed by atoms with van der Waals surface area (Å²) in [5, 5.41) is 9.93. The van der Waals surface area contributed by atoms with E-state index in [0.717, 1.165) is 15.7 Å². The van der Waals surface area contributed by atoms with Gasteiger partial charge in [0.25, 0.3) is 0 Å². The van der Waals surface area contributed by atoms with Gasteiger partial charge < -0.3 is 5.11 Å². The lowest BCUT2D eigenvalue weighted by Crippen LogP contribution is -2.15. The van der Waals surface area contributed by atoms with E-state index in [2.05, 4.69) is 20.9 Å². The highest BCUT2D eigenvalue weighted by Gasteiger charge is 2.20. The van der Waals surface area contributed by atoms with E-state index < -0.39 is 11.9 Å². The van der Waals surface area contributed by atoms with Gasteiger partial charge in [-0.15, -0.1) is 0 Å². The molecule has 0 aliphatic carbocycles. The largest absolute Gasteiger partial charge is 0.481 e. The summed E-state index contributed by atoms with van der Waals surface area (Å²) in [7, 11) is 0. The monoisotopic (exact) mass is 339 g/mol. The molecule has 0 amide bonds. The molecule has 19 heavy (non-hydrogen) atoms. The Morgan fingerprint density at radius 3 is 2.47 bits per heavy atom. The average molecular weight is 341 g/mol. The zero-order valence-electron chi connectivity index (χ0n) is 9.88. The number of rotatable bonds is 4. The highest BCUT2D eigenvalue weighted by molar-refractivity contribution is 9.10. The minimum absolute atomic E-state index is 0.351. The van der Waals surface area contributed by atoms with Crippen LogP contribution in [-0.2, 0) is 11.2 Å². The van der Waals surface area contributed by atoms with E-state index in [9.17, 15) is 9.90 Å². The fourth-order valence-corrected chi connectivity index (χ4v) is 2.14. The number of benzene rings is 1. The lowest BCUT2D eigenvalue weighted by Gasteiger charge is -2.12. The second-order valence-electron chi connectivity index (χ2n) is 4.11. The molecule has 1 aromatic heterocycles. The Morgan fingerprint density at radius 1 is 1.26 bits per heavy atom. The molecule has 98 valence electrons. The van der Waals surface area contributed by atoms with Gasteiger partial charge in [-0.1, -0.05) is 23.7 Å². The molecule has 5 heteroatoms. The molecule has 1 heterocycles. The molecule has 2 aromatic rings. The minimum atomic E-state index is -0.868. The summed E-state index contributed by atoms with van der Waals surface area (Å²) >= 11 is 9.11. The summed E-state index contributed by atoms with van der Waals surface area (Å²) in [6, 6.07) is 10.5. The Hall–Kier alpha value is -1.39. The van der Waals surface area contributed by atoms with Crippen LogP contribution in [-0.4, -0.2) is 16.1 Å². The predicted octanol–water partition coefficient (Wildman–Crippen LogP) is 3.91. The van der Waals surface area contributed by atoms with E-state index in [4.69, 9.17) is 11.6 Å². The van der Waals surface area contributed by atoms with Crippen LogP contribution < -0.4 is 0 Å². The van der Waals surface area contributed by atoms with Crippen molar-refractivity contribution in [1.82, 2.24) is 4.98 Å². The number of halogens is 2. The molecule has 1 N–H and O–H groups in total. The molecule has 3 nitrogen and oxygen atoms in total. The van der Waals surface area contributed by atoms with Crippen molar-refractivity contribution in [3.05, 3.63) is 63.3 Å². The quantitative estimate of drug-likeness (QED) is 0.918. The lowest BCUT2D eigenvalue weighted by atomic mass is 9.94. The molecule has 0 fully saturated rings. The maximum Gasteiger partial charge on any atom is 0.311 e. The average Bonchev–Trinajstić information content (AvgIpc) is 2.39. The molecule has 0 aliphatic rings. The third kappa shape index (κ3) is 3.78. The maximum absolute atomic E-state index is 11.4. The highest BCUT2D eigenvalue weighted by Crippen LogP contribution is 2.23. The van der Waals surface area contributed by atoms with Crippen molar-refractivity contribution in [3.63, 3.8) is 0 Å². The summed E-state index contributed by atoms with van der Waals surface area (Å²) in [5.74, 6) is -1.49. The topological polar surface area (TPSA) is 50.2 Å². The molecule has 0 bridgehead atoms. The number of hydrogen-bond acceptors (Lipinski definition) is 2. The first-order valence-electron chi connectivity index (χ1n) is 5.65. The van der Waals surface area contributed by atoms with Gasteiger partial charge in [0.15, 0.2) is 0 Å². The van der Waals surface area contributed by atoms with Crippen LogP contribution in [0, 0.1) is 0 Å². The number of carboxylic acids is 1. The Balaban J connectivity index is 2.23. The van der Waals surface area contributed by atoms with E-state index in [1.807, 2.05) is 12.1 Å². The lowest BCUT2D eigenvalue weighted by molar-refractivity contribution is -0.138. The van der Waals surface area contributed by atoms with Crippen LogP contribution in [0.2, 0.25) is 5.02 Å². The molecule has 1 atom stereocenters. The molecule has 0 saturated heterocycles. The minimum Gasteiger partial charge on any atom is -0.481 e.